The molecule has 0 aliphatic heterocycles. The van der Waals surface area contributed by atoms with Gasteiger partial charge in [0.05, 0.1) is 6.04 Å². The molecule has 6 heteroatoms. The number of nitrogens with one attached hydrogen (secondary N) is 1. The van der Waals surface area contributed by atoms with E-state index in [0.29, 0.717) is 5.82 Å². The van der Waals surface area contributed by atoms with Gasteiger partial charge in [-0.05, 0) is 26.0 Å². The van der Waals surface area contributed by atoms with Crippen LogP contribution in [0, 0.1) is 5.92 Å². The summed E-state index contributed by atoms with van der Waals surface area (Å²) in [6.07, 6.45) is 1.88. The van der Waals surface area contributed by atoms with Crippen LogP contribution in [0.4, 0.5) is 0 Å². The number of rotatable bonds is 4. The molecule has 102 valence electrons. The summed E-state index contributed by atoms with van der Waals surface area (Å²) in [6, 6.07) is 5.28. The standard InChI is InChI=1S/C13H19N5O/c1-8(9(2)14)13(19)15-10(3)12-17-16-11-6-4-5-7-18(11)12/h4-10H,14H2,1-3H3,(H,15,19). The average Bonchev–Trinajstić information content (AvgIpc) is 2.81. The molecular weight excluding hydrogens is 242 g/mol. The number of nitrogens with two attached hydrogens (primary N) is 1. The molecule has 2 heterocycles. The molecule has 2 rings (SSSR count). The van der Waals surface area contributed by atoms with E-state index >= 15 is 0 Å². The summed E-state index contributed by atoms with van der Waals surface area (Å²) in [5, 5.41) is 11.1. The third-order valence-corrected chi connectivity index (χ3v) is 3.29. The first-order chi connectivity index (χ1) is 9.00. The van der Waals surface area contributed by atoms with Crippen LogP contribution in [-0.4, -0.2) is 26.5 Å². The molecule has 0 saturated carbocycles. The number of amides is 1. The normalized spacial score (nSPS) is 16.0. The SMILES string of the molecule is CC(NC(=O)C(C)C(C)N)c1nnc2ccccn12. The highest BCUT2D eigenvalue weighted by Crippen LogP contribution is 2.12. The van der Waals surface area contributed by atoms with Crippen LogP contribution in [0.25, 0.3) is 5.65 Å². The summed E-state index contributed by atoms with van der Waals surface area (Å²) in [5.74, 6) is 0.401. The minimum Gasteiger partial charge on any atom is -0.346 e. The molecule has 0 aromatic carbocycles. The fraction of sp³-hybridized carbons (Fsp3) is 0.462. The maximum atomic E-state index is 12.0. The van der Waals surface area contributed by atoms with Gasteiger partial charge in [0, 0.05) is 18.2 Å². The van der Waals surface area contributed by atoms with E-state index in [-0.39, 0.29) is 23.9 Å². The van der Waals surface area contributed by atoms with Crippen LogP contribution >= 0.6 is 0 Å². The molecule has 2 aromatic heterocycles. The van der Waals surface area contributed by atoms with Gasteiger partial charge in [0.15, 0.2) is 11.5 Å². The molecule has 0 fully saturated rings. The van der Waals surface area contributed by atoms with E-state index in [2.05, 4.69) is 15.5 Å². The van der Waals surface area contributed by atoms with Gasteiger partial charge in [0.25, 0.3) is 0 Å². The van der Waals surface area contributed by atoms with Crippen molar-refractivity contribution in [3.63, 3.8) is 0 Å². The first kappa shape index (κ1) is 13.5. The first-order valence-corrected chi connectivity index (χ1v) is 6.36. The summed E-state index contributed by atoms with van der Waals surface area (Å²) in [5.41, 5.74) is 6.49. The van der Waals surface area contributed by atoms with Crippen molar-refractivity contribution < 1.29 is 4.79 Å². The van der Waals surface area contributed by atoms with Gasteiger partial charge in [-0.3, -0.25) is 9.20 Å². The van der Waals surface area contributed by atoms with Gasteiger partial charge >= 0.3 is 0 Å². The third-order valence-electron chi connectivity index (χ3n) is 3.29. The molecule has 19 heavy (non-hydrogen) atoms. The quantitative estimate of drug-likeness (QED) is 0.856. The van der Waals surface area contributed by atoms with Gasteiger partial charge < -0.3 is 11.1 Å². The van der Waals surface area contributed by atoms with E-state index in [1.54, 1.807) is 0 Å². The second-order valence-electron chi connectivity index (χ2n) is 4.87. The smallest absolute Gasteiger partial charge is 0.224 e. The zero-order valence-corrected chi connectivity index (χ0v) is 11.4. The van der Waals surface area contributed by atoms with Gasteiger partial charge in [-0.25, -0.2) is 0 Å². The second-order valence-corrected chi connectivity index (χ2v) is 4.87. The Hall–Kier alpha value is -1.95. The number of hydrogen-bond donors (Lipinski definition) is 2. The highest BCUT2D eigenvalue weighted by atomic mass is 16.2. The van der Waals surface area contributed by atoms with Crippen molar-refractivity contribution in [2.45, 2.75) is 32.9 Å². The van der Waals surface area contributed by atoms with E-state index in [0.717, 1.165) is 5.65 Å². The lowest BCUT2D eigenvalue weighted by Gasteiger charge is -2.18. The van der Waals surface area contributed by atoms with Gasteiger partial charge in [0.2, 0.25) is 5.91 Å². The molecule has 0 aliphatic carbocycles. The van der Waals surface area contributed by atoms with Crippen LogP contribution in [0.3, 0.4) is 0 Å². The first-order valence-electron chi connectivity index (χ1n) is 6.36. The van der Waals surface area contributed by atoms with Crippen LogP contribution in [0.5, 0.6) is 0 Å². The predicted molar refractivity (Wildman–Crippen MR) is 72.4 cm³/mol. The lowest BCUT2D eigenvalue weighted by molar-refractivity contribution is -0.125. The summed E-state index contributed by atoms with van der Waals surface area (Å²) in [7, 11) is 0. The fourth-order valence-electron chi connectivity index (χ4n) is 1.80. The highest BCUT2D eigenvalue weighted by molar-refractivity contribution is 5.79. The van der Waals surface area contributed by atoms with Gasteiger partial charge in [-0.2, -0.15) is 0 Å². The van der Waals surface area contributed by atoms with Gasteiger partial charge in [-0.15, -0.1) is 10.2 Å². The minimum atomic E-state index is -0.235. The molecule has 2 aromatic rings. The topological polar surface area (TPSA) is 85.3 Å². The van der Waals surface area contributed by atoms with Crippen LogP contribution < -0.4 is 11.1 Å². The molecule has 0 aliphatic rings. The Morgan fingerprint density at radius 3 is 2.74 bits per heavy atom. The molecule has 3 N–H and O–H groups in total. The van der Waals surface area contributed by atoms with E-state index < -0.39 is 0 Å². The van der Waals surface area contributed by atoms with Crippen LogP contribution in [0.15, 0.2) is 24.4 Å². The number of nitrogens with zero attached hydrogens (tertiary/aromatic N) is 3. The Balaban J connectivity index is 2.16. The van der Waals surface area contributed by atoms with Crippen molar-refractivity contribution in [2.75, 3.05) is 0 Å². The van der Waals surface area contributed by atoms with Crippen LogP contribution in [0.1, 0.15) is 32.6 Å². The van der Waals surface area contributed by atoms with Crippen molar-refractivity contribution >= 4 is 11.6 Å². The van der Waals surface area contributed by atoms with Crippen molar-refractivity contribution in [3.05, 3.63) is 30.2 Å². The summed E-state index contributed by atoms with van der Waals surface area (Å²) in [4.78, 5) is 12.0. The van der Waals surface area contributed by atoms with Crippen LogP contribution in [-0.2, 0) is 4.79 Å². The molecule has 0 spiro atoms. The molecule has 3 atom stereocenters. The monoisotopic (exact) mass is 261 g/mol. The van der Waals surface area contributed by atoms with Gasteiger partial charge in [0.1, 0.15) is 0 Å². The number of fused-ring (bicyclic) bond motifs is 1. The summed E-state index contributed by atoms with van der Waals surface area (Å²) < 4.78 is 1.86. The number of carbonyl (C=O) groups excluding carboxylic acids is 1. The van der Waals surface area contributed by atoms with E-state index in [9.17, 15) is 4.79 Å². The summed E-state index contributed by atoms with van der Waals surface area (Å²) >= 11 is 0. The van der Waals surface area contributed by atoms with Crippen molar-refractivity contribution in [1.29, 1.82) is 0 Å². The Labute approximate surface area is 112 Å². The Bertz CT molecular complexity index is 577. The maximum absolute atomic E-state index is 12.0. The predicted octanol–water partition coefficient (Wildman–Crippen LogP) is 0.890. The second kappa shape index (κ2) is 5.36. The van der Waals surface area contributed by atoms with Crippen molar-refractivity contribution in [2.24, 2.45) is 11.7 Å². The molecule has 0 saturated heterocycles. The lowest BCUT2D eigenvalue weighted by atomic mass is 10.0. The lowest BCUT2D eigenvalue weighted by Crippen LogP contribution is -2.40. The maximum Gasteiger partial charge on any atom is 0.224 e. The number of hydrogen-bond acceptors (Lipinski definition) is 4. The fourth-order valence-corrected chi connectivity index (χ4v) is 1.80. The highest BCUT2D eigenvalue weighted by Gasteiger charge is 2.21. The molecule has 0 radical (unpaired) electrons. The summed E-state index contributed by atoms with van der Waals surface area (Å²) in [6.45, 7) is 5.52. The minimum absolute atomic E-state index is 0.0739. The van der Waals surface area contributed by atoms with Crippen LogP contribution in [0.2, 0.25) is 0 Å². The molecule has 3 unspecified atom stereocenters. The Morgan fingerprint density at radius 2 is 2.05 bits per heavy atom. The zero-order chi connectivity index (χ0) is 14.0. The van der Waals surface area contributed by atoms with E-state index in [1.807, 2.05) is 49.6 Å². The molecule has 0 bridgehead atoms. The Kier molecular flexibility index (Phi) is 3.80. The van der Waals surface area contributed by atoms with Crippen molar-refractivity contribution in [1.82, 2.24) is 19.9 Å². The van der Waals surface area contributed by atoms with Crippen molar-refractivity contribution in [3.8, 4) is 0 Å². The number of aromatic nitrogens is 3. The van der Waals surface area contributed by atoms with E-state index in [1.165, 1.54) is 0 Å². The third kappa shape index (κ3) is 2.73. The average molecular weight is 261 g/mol. The largest absolute Gasteiger partial charge is 0.346 e. The zero-order valence-electron chi connectivity index (χ0n) is 11.4. The molecule has 6 nitrogen and oxygen atoms in total. The van der Waals surface area contributed by atoms with E-state index in [4.69, 9.17) is 5.73 Å². The van der Waals surface area contributed by atoms with Gasteiger partial charge in [-0.1, -0.05) is 13.0 Å². The Morgan fingerprint density at radius 1 is 1.32 bits per heavy atom. The number of carbonyl (C=O) groups is 1. The number of pyridine rings is 1. The molecular formula is C13H19N5O. The molecule has 1 amide bonds.